The highest BCUT2D eigenvalue weighted by Gasteiger charge is 2.28. The number of piperazine rings is 1. The van der Waals surface area contributed by atoms with E-state index in [2.05, 4.69) is 37.9 Å². The average molecular weight is 240 g/mol. The van der Waals surface area contributed by atoms with Crippen LogP contribution in [0.25, 0.3) is 0 Å². The standard InChI is InChI=1S/C15H32N2/c1-5-8-10-15(9-6-2)17-12-14(7-3)16-11-13(17)4/h13-16H,5-12H2,1-4H3. The fraction of sp³-hybridized carbons (Fsp3) is 1.00. The average Bonchev–Trinajstić information content (AvgIpc) is 2.35. The highest BCUT2D eigenvalue weighted by atomic mass is 15.2. The van der Waals surface area contributed by atoms with Crippen LogP contribution in [-0.4, -0.2) is 36.1 Å². The first-order chi connectivity index (χ1) is 8.22. The van der Waals surface area contributed by atoms with Crippen molar-refractivity contribution in [2.45, 2.75) is 84.3 Å². The second-order valence-corrected chi connectivity index (χ2v) is 5.64. The summed E-state index contributed by atoms with van der Waals surface area (Å²) in [6.07, 6.45) is 8.07. The second-order valence-electron chi connectivity index (χ2n) is 5.64. The van der Waals surface area contributed by atoms with Gasteiger partial charge in [-0.15, -0.1) is 0 Å². The minimum absolute atomic E-state index is 0.714. The quantitative estimate of drug-likeness (QED) is 0.733. The summed E-state index contributed by atoms with van der Waals surface area (Å²) in [4.78, 5) is 2.78. The molecule has 0 amide bonds. The maximum absolute atomic E-state index is 3.66. The Morgan fingerprint density at radius 2 is 1.94 bits per heavy atom. The van der Waals surface area contributed by atoms with Crippen LogP contribution >= 0.6 is 0 Å². The van der Waals surface area contributed by atoms with Gasteiger partial charge in [-0.1, -0.05) is 40.0 Å². The molecular formula is C15H32N2. The van der Waals surface area contributed by atoms with Crippen LogP contribution in [0.3, 0.4) is 0 Å². The lowest BCUT2D eigenvalue weighted by atomic mass is 9.98. The molecule has 0 aromatic heterocycles. The molecule has 1 heterocycles. The molecule has 1 rings (SSSR count). The van der Waals surface area contributed by atoms with Crippen molar-refractivity contribution in [1.29, 1.82) is 0 Å². The van der Waals surface area contributed by atoms with Crippen LogP contribution in [0.15, 0.2) is 0 Å². The summed E-state index contributed by atoms with van der Waals surface area (Å²) in [6.45, 7) is 11.7. The molecule has 0 spiro atoms. The molecule has 0 radical (unpaired) electrons. The molecule has 0 aliphatic carbocycles. The Balaban J connectivity index is 2.55. The van der Waals surface area contributed by atoms with Crippen LogP contribution < -0.4 is 5.32 Å². The van der Waals surface area contributed by atoms with E-state index in [0.717, 1.165) is 6.04 Å². The summed E-state index contributed by atoms with van der Waals surface area (Å²) in [6, 6.07) is 2.25. The molecule has 0 bridgehead atoms. The summed E-state index contributed by atoms with van der Waals surface area (Å²) in [5.41, 5.74) is 0. The Morgan fingerprint density at radius 1 is 1.18 bits per heavy atom. The van der Waals surface area contributed by atoms with E-state index in [4.69, 9.17) is 0 Å². The normalized spacial score (nSPS) is 28.2. The van der Waals surface area contributed by atoms with Crippen LogP contribution in [0.4, 0.5) is 0 Å². The van der Waals surface area contributed by atoms with Crippen LogP contribution in [0.1, 0.15) is 66.2 Å². The predicted octanol–water partition coefficient (Wildman–Crippen LogP) is 3.42. The molecule has 2 heteroatoms. The van der Waals surface area contributed by atoms with Crippen LogP contribution in [0.5, 0.6) is 0 Å². The van der Waals surface area contributed by atoms with Gasteiger partial charge in [0.25, 0.3) is 0 Å². The van der Waals surface area contributed by atoms with E-state index in [0.29, 0.717) is 12.1 Å². The van der Waals surface area contributed by atoms with Crippen molar-refractivity contribution >= 4 is 0 Å². The fourth-order valence-electron chi connectivity index (χ4n) is 2.98. The fourth-order valence-corrected chi connectivity index (χ4v) is 2.98. The van der Waals surface area contributed by atoms with E-state index in [9.17, 15) is 0 Å². The van der Waals surface area contributed by atoms with E-state index in [1.165, 1.54) is 51.6 Å². The number of unbranched alkanes of at least 4 members (excludes halogenated alkanes) is 1. The minimum Gasteiger partial charge on any atom is -0.311 e. The predicted molar refractivity (Wildman–Crippen MR) is 76.5 cm³/mol. The molecule has 1 saturated heterocycles. The number of rotatable bonds is 7. The third-order valence-electron chi connectivity index (χ3n) is 4.17. The summed E-state index contributed by atoms with van der Waals surface area (Å²) in [5, 5.41) is 3.66. The molecule has 0 aromatic rings. The van der Waals surface area contributed by atoms with Crippen LogP contribution in [-0.2, 0) is 0 Å². The maximum atomic E-state index is 3.66. The Morgan fingerprint density at radius 3 is 2.53 bits per heavy atom. The van der Waals surface area contributed by atoms with E-state index in [-0.39, 0.29) is 0 Å². The molecular weight excluding hydrogens is 208 g/mol. The van der Waals surface area contributed by atoms with Gasteiger partial charge in [-0.3, -0.25) is 4.90 Å². The monoisotopic (exact) mass is 240 g/mol. The van der Waals surface area contributed by atoms with E-state index >= 15 is 0 Å². The summed E-state index contributed by atoms with van der Waals surface area (Å²) in [7, 11) is 0. The Labute approximate surface area is 108 Å². The zero-order chi connectivity index (χ0) is 12.7. The van der Waals surface area contributed by atoms with Gasteiger partial charge in [-0.2, -0.15) is 0 Å². The van der Waals surface area contributed by atoms with Gasteiger partial charge in [-0.05, 0) is 26.2 Å². The second kappa shape index (κ2) is 8.10. The minimum atomic E-state index is 0.714. The highest BCUT2D eigenvalue weighted by molar-refractivity contribution is 4.87. The Kier molecular flexibility index (Phi) is 7.14. The first kappa shape index (κ1) is 15.0. The Hall–Kier alpha value is -0.0800. The first-order valence-electron chi connectivity index (χ1n) is 7.71. The van der Waals surface area contributed by atoms with Crippen molar-refractivity contribution < 1.29 is 0 Å². The van der Waals surface area contributed by atoms with E-state index in [1.54, 1.807) is 0 Å². The van der Waals surface area contributed by atoms with Gasteiger partial charge in [0.15, 0.2) is 0 Å². The van der Waals surface area contributed by atoms with Crippen LogP contribution in [0.2, 0.25) is 0 Å². The van der Waals surface area contributed by atoms with Gasteiger partial charge < -0.3 is 5.32 Å². The molecule has 0 saturated carbocycles. The third kappa shape index (κ3) is 4.59. The molecule has 3 unspecified atom stereocenters. The summed E-state index contributed by atoms with van der Waals surface area (Å²) < 4.78 is 0. The van der Waals surface area contributed by atoms with Crippen molar-refractivity contribution in [1.82, 2.24) is 10.2 Å². The Bertz CT molecular complexity index is 193. The lowest BCUT2D eigenvalue weighted by molar-refractivity contribution is 0.0783. The topological polar surface area (TPSA) is 15.3 Å². The summed E-state index contributed by atoms with van der Waals surface area (Å²) in [5.74, 6) is 0. The third-order valence-corrected chi connectivity index (χ3v) is 4.17. The van der Waals surface area contributed by atoms with Gasteiger partial charge in [0.2, 0.25) is 0 Å². The van der Waals surface area contributed by atoms with Crippen molar-refractivity contribution in [2.75, 3.05) is 13.1 Å². The van der Waals surface area contributed by atoms with Crippen molar-refractivity contribution in [3.63, 3.8) is 0 Å². The lowest BCUT2D eigenvalue weighted by Gasteiger charge is -2.43. The van der Waals surface area contributed by atoms with Crippen molar-refractivity contribution in [3.8, 4) is 0 Å². The van der Waals surface area contributed by atoms with Gasteiger partial charge in [-0.25, -0.2) is 0 Å². The molecule has 1 N–H and O–H groups in total. The number of hydrogen-bond donors (Lipinski definition) is 1. The number of nitrogens with one attached hydrogen (secondary N) is 1. The molecule has 3 atom stereocenters. The number of nitrogens with zero attached hydrogens (tertiary/aromatic N) is 1. The molecule has 102 valence electrons. The van der Waals surface area contributed by atoms with E-state index in [1.807, 2.05) is 0 Å². The van der Waals surface area contributed by atoms with Gasteiger partial charge in [0.1, 0.15) is 0 Å². The first-order valence-corrected chi connectivity index (χ1v) is 7.71. The van der Waals surface area contributed by atoms with Gasteiger partial charge in [0, 0.05) is 31.2 Å². The van der Waals surface area contributed by atoms with Crippen LogP contribution in [0, 0.1) is 0 Å². The summed E-state index contributed by atoms with van der Waals surface area (Å²) >= 11 is 0. The lowest BCUT2D eigenvalue weighted by Crippen LogP contribution is -2.58. The zero-order valence-electron chi connectivity index (χ0n) is 12.3. The molecule has 2 nitrogen and oxygen atoms in total. The molecule has 1 aliphatic heterocycles. The SMILES string of the molecule is CCCCC(CCC)N1CC(CC)NCC1C. The zero-order valence-corrected chi connectivity index (χ0v) is 12.3. The van der Waals surface area contributed by atoms with Gasteiger partial charge >= 0.3 is 0 Å². The largest absolute Gasteiger partial charge is 0.311 e. The molecule has 0 aromatic carbocycles. The maximum Gasteiger partial charge on any atom is 0.0196 e. The van der Waals surface area contributed by atoms with Gasteiger partial charge in [0.05, 0.1) is 0 Å². The highest BCUT2D eigenvalue weighted by Crippen LogP contribution is 2.20. The van der Waals surface area contributed by atoms with Crippen molar-refractivity contribution in [3.05, 3.63) is 0 Å². The van der Waals surface area contributed by atoms with E-state index < -0.39 is 0 Å². The van der Waals surface area contributed by atoms with Crippen molar-refractivity contribution in [2.24, 2.45) is 0 Å². The molecule has 17 heavy (non-hydrogen) atoms. The number of hydrogen-bond acceptors (Lipinski definition) is 2. The molecule has 1 aliphatic rings. The molecule has 1 fully saturated rings. The smallest absolute Gasteiger partial charge is 0.0196 e.